The van der Waals surface area contributed by atoms with Gasteiger partial charge >= 0.3 is 5.97 Å². The molecule has 0 radical (unpaired) electrons. The van der Waals surface area contributed by atoms with Crippen molar-refractivity contribution in [2.24, 2.45) is 0 Å². The van der Waals surface area contributed by atoms with Gasteiger partial charge in [0.25, 0.3) is 0 Å². The van der Waals surface area contributed by atoms with Crippen LogP contribution in [0.25, 0.3) is 0 Å². The van der Waals surface area contributed by atoms with Gasteiger partial charge in [0.1, 0.15) is 5.75 Å². The van der Waals surface area contributed by atoms with E-state index in [1.807, 2.05) is 72.8 Å². The van der Waals surface area contributed by atoms with Crippen LogP contribution in [-0.4, -0.2) is 17.7 Å². The van der Waals surface area contributed by atoms with Gasteiger partial charge in [-0.15, -0.1) is 0 Å². The summed E-state index contributed by atoms with van der Waals surface area (Å²) in [5.74, 6) is -0.545. The zero-order valence-electron chi connectivity index (χ0n) is 14.5. The number of ether oxygens (including phenoxy) is 1. The first-order valence-corrected chi connectivity index (χ1v) is 8.76. The summed E-state index contributed by atoms with van der Waals surface area (Å²) < 4.78 is 5.79. The van der Waals surface area contributed by atoms with Gasteiger partial charge in [0.05, 0.1) is 12.5 Å². The van der Waals surface area contributed by atoms with Gasteiger partial charge in [-0.1, -0.05) is 72.8 Å². The van der Waals surface area contributed by atoms with Gasteiger partial charge in [-0.2, -0.15) is 0 Å². The number of rotatable bonds is 8. The Bertz CT molecular complexity index is 811. The molecule has 0 aliphatic rings. The number of hydrogen-bond donors (Lipinski definition) is 1. The fraction of sp³-hybridized carbons (Fsp3) is 0.174. The maximum Gasteiger partial charge on any atom is 0.311 e. The molecule has 3 aromatic rings. The highest BCUT2D eigenvalue weighted by Crippen LogP contribution is 2.23. The summed E-state index contributed by atoms with van der Waals surface area (Å²) in [5.41, 5.74) is 3.05. The highest BCUT2D eigenvalue weighted by molar-refractivity contribution is 5.76. The van der Waals surface area contributed by atoms with Crippen LogP contribution in [0.5, 0.6) is 5.75 Å². The smallest absolute Gasteiger partial charge is 0.311 e. The molecule has 0 saturated heterocycles. The predicted octanol–water partition coefficient (Wildman–Crippen LogP) is 4.72. The van der Waals surface area contributed by atoms with Crippen LogP contribution in [0.4, 0.5) is 0 Å². The van der Waals surface area contributed by atoms with Crippen LogP contribution < -0.4 is 4.74 Å². The third kappa shape index (κ3) is 4.96. The van der Waals surface area contributed by atoms with E-state index >= 15 is 0 Å². The lowest BCUT2D eigenvalue weighted by Gasteiger charge is -2.13. The largest absolute Gasteiger partial charge is 0.493 e. The van der Waals surface area contributed by atoms with Gasteiger partial charge in [0, 0.05) is 6.42 Å². The van der Waals surface area contributed by atoms with Crippen molar-refractivity contribution in [1.82, 2.24) is 0 Å². The van der Waals surface area contributed by atoms with Gasteiger partial charge in [-0.25, -0.2) is 0 Å². The van der Waals surface area contributed by atoms with Crippen LogP contribution in [-0.2, 0) is 17.6 Å². The van der Waals surface area contributed by atoms with Crippen molar-refractivity contribution >= 4 is 5.97 Å². The first-order chi connectivity index (χ1) is 12.7. The maximum absolute atomic E-state index is 11.6. The SMILES string of the molecule is O=C(O)C(Cc1ccc(OCCc2ccccc2)cc1)c1ccccc1. The minimum Gasteiger partial charge on any atom is -0.493 e. The Kier molecular flexibility index (Phi) is 6.05. The van der Waals surface area contributed by atoms with Crippen molar-refractivity contribution in [3.05, 3.63) is 102 Å². The lowest BCUT2D eigenvalue weighted by molar-refractivity contribution is -0.138. The van der Waals surface area contributed by atoms with Crippen molar-refractivity contribution in [1.29, 1.82) is 0 Å². The predicted molar refractivity (Wildman–Crippen MR) is 103 cm³/mol. The van der Waals surface area contributed by atoms with Crippen LogP contribution in [0.1, 0.15) is 22.6 Å². The molecule has 1 unspecified atom stereocenters. The van der Waals surface area contributed by atoms with E-state index in [2.05, 4.69) is 12.1 Å². The van der Waals surface area contributed by atoms with Gasteiger partial charge in [-0.3, -0.25) is 4.79 Å². The molecule has 26 heavy (non-hydrogen) atoms. The van der Waals surface area contributed by atoms with E-state index in [0.29, 0.717) is 13.0 Å². The first kappa shape index (κ1) is 17.7. The molecule has 1 N–H and O–H groups in total. The van der Waals surface area contributed by atoms with Crippen LogP contribution >= 0.6 is 0 Å². The summed E-state index contributed by atoms with van der Waals surface area (Å²) in [6.07, 6.45) is 1.32. The normalized spacial score (nSPS) is 11.7. The summed E-state index contributed by atoms with van der Waals surface area (Å²) in [4.78, 5) is 11.6. The number of carboxylic acid groups (broad SMARTS) is 1. The quantitative estimate of drug-likeness (QED) is 0.642. The van der Waals surface area contributed by atoms with Crippen molar-refractivity contribution in [2.75, 3.05) is 6.61 Å². The number of carboxylic acids is 1. The van der Waals surface area contributed by atoms with Gasteiger partial charge in [-0.05, 0) is 35.2 Å². The standard InChI is InChI=1S/C23H22O3/c24-23(25)22(20-9-5-2-6-10-20)17-19-11-13-21(14-12-19)26-16-15-18-7-3-1-4-8-18/h1-14,22H,15-17H2,(H,24,25). The van der Waals surface area contributed by atoms with Crippen LogP contribution in [0.15, 0.2) is 84.9 Å². The van der Waals surface area contributed by atoms with Crippen molar-refractivity contribution in [2.45, 2.75) is 18.8 Å². The molecule has 1 atom stereocenters. The molecule has 0 aliphatic heterocycles. The second kappa shape index (κ2) is 8.86. The molecular weight excluding hydrogens is 324 g/mol. The second-order valence-electron chi connectivity index (χ2n) is 6.23. The number of carbonyl (C=O) groups is 1. The minimum absolute atomic E-state index is 0.462. The molecule has 0 amide bonds. The zero-order valence-corrected chi connectivity index (χ0v) is 14.5. The fourth-order valence-corrected chi connectivity index (χ4v) is 2.92. The van der Waals surface area contributed by atoms with Crippen molar-refractivity contribution in [3.8, 4) is 5.75 Å². The summed E-state index contributed by atoms with van der Waals surface area (Å²) in [5, 5.41) is 9.54. The van der Waals surface area contributed by atoms with E-state index in [1.165, 1.54) is 5.56 Å². The fourth-order valence-electron chi connectivity index (χ4n) is 2.92. The average molecular weight is 346 g/mol. The highest BCUT2D eigenvalue weighted by atomic mass is 16.5. The third-order valence-corrected chi connectivity index (χ3v) is 4.37. The van der Waals surface area contributed by atoms with Crippen LogP contribution in [0.2, 0.25) is 0 Å². The third-order valence-electron chi connectivity index (χ3n) is 4.37. The average Bonchev–Trinajstić information content (AvgIpc) is 2.68. The Morgan fingerprint density at radius 3 is 2.04 bits per heavy atom. The summed E-state index contributed by atoms with van der Waals surface area (Å²) in [6, 6.07) is 27.3. The molecule has 132 valence electrons. The van der Waals surface area contributed by atoms with E-state index in [-0.39, 0.29) is 0 Å². The van der Waals surface area contributed by atoms with Crippen molar-refractivity contribution in [3.63, 3.8) is 0 Å². The van der Waals surface area contributed by atoms with Gasteiger partial charge in [0.15, 0.2) is 0 Å². The molecule has 3 aromatic carbocycles. The second-order valence-corrected chi connectivity index (χ2v) is 6.23. The summed E-state index contributed by atoms with van der Waals surface area (Å²) in [6.45, 7) is 0.616. The Morgan fingerprint density at radius 1 is 0.808 bits per heavy atom. The Hall–Kier alpha value is -3.07. The Balaban J connectivity index is 1.57. The number of benzene rings is 3. The molecule has 0 aromatic heterocycles. The molecule has 0 spiro atoms. The molecule has 0 bridgehead atoms. The van der Waals surface area contributed by atoms with E-state index < -0.39 is 11.9 Å². The topological polar surface area (TPSA) is 46.5 Å². The lowest BCUT2D eigenvalue weighted by Crippen LogP contribution is -2.14. The summed E-state index contributed by atoms with van der Waals surface area (Å²) in [7, 11) is 0. The first-order valence-electron chi connectivity index (χ1n) is 8.76. The zero-order chi connectivity index (χ0) is 18.2. The molecule has 0 heterocycles. The molecule has 3 heteroatoms. The van der Waals surface area contributed by atoms with E-state index in [4.69, 9.17) is 4.74 Å². The monoisotopic (exact) mass is 346 g/mol. The lowest BCUT2D eigenvalue weighted by atomic mass is 9.92. The van der Waals surface area contributed by atoms with E-state index in [9.17, 15) is 9.90 Å². The van der Waals surface area contributed by atoms with E-state index in [1.54, 1.807) is 0 Å². The molecule has 0 saturated carbocycles. The Morgan fingerprint density at radius 2 is 1.42 bits per heavy atom. The highest BCUT2D eigenvalue weighted by Gasteiger charge is 2.19. The molecule has 0 fully saturated rings. The van der Waals surface area contributed by atoms with Crippen LogP contribution in [0, 0.1) is 0 Å². The van der Waals surface area contributed by atoms with Crippen molar-refractivity contribution < 1.29 is 14.6 Å². The maximum atomic E-state index is 11.6. The van der Waals surface area contributed by atoms with Gasteiger partial charge < -0.3 is 9.84 Å². The molecule has 3 rings (SSSR count). The number of aliphatic carboxylic acids is 1. The Labute approximate surface area is 153 Å². The number of hydrogen-bond acceptors (Lipinski definition) is 2. The molecule has 0 aliphatic carbocycles. The summed E-state index contributed by atoms with van der Waals surface area (Å²) >= 11 is 0. The van der Waals surface area contributed by atoms with Gasteiger partial charge in [0.2, 0.25) is 0 Å². The minimum atomic E-state index is -0.806. The van der Waals surface area contributed by atoms with Crippen LogP contribution in [0.3, 0.4) is 0 Å². The molecular formula is C23H22O3. The van der Waals surface area contributed by atoms with E-state index in [0.717, 1.165) is 23.3 Å². The molecule has 3 nitrogen and oxygen atoms in total.